The molecular formula is C15H20Br2O2. The largest absolute Gasteiger partial charge is 0.371 e. The van der Waals surface area contributed by atoms with E-state index in [2.05, 4.69) is 44.7 Å². The second-order valence-electron chi connectivity index (χ2n) is 5.14. The van der Waals surface area contributed by atoms with Gasteiger partial charge in [-0.3, -0.25) is 0 Å². The fraction of sp³-hybridized carbons (Fsp3) is 0.733. The molecule has 0 saturated carbocycles. The van der Waals surface area contributed by atoms with Gasteiger partial charge in [0.2, 0.25) is 0 Å². The van der Waals surface area contributed by atoms with Crippen molar-refractivity contribution in [1.82, 2.24) is 0 Å². The van der Waals surface area contributed by atoms with Gasteiger partial charge < -0.3 is 9.47 Å². The van der Waals surface area contributed by atoms with Crippen LogP contribution in [0, 0.1) is 12.3 Å². The first-order chi connectivity index (χ1) is 9.15. The molecule has 2 saturated heterocycles. The second-order valence-corrected chi connectivity index (χ2v) is 7.49. The van der Waals surface area contributed by atoms with Crippen molar-refractivity contribution in [3.8, 4) is 12.3 Å². The van der Waals surface area contributed by atoms with E-state index in [1.54, 1.807) is 6.08 Å². The minimum atomic E-state index is 0.215. The summed E-state index contributed by atoms with van der Waals surface area (Å²) in [5.41, 5.74) is 0. The van der Waals surface area contributed by atoms with E-state index in [0.29, 0.717) is 15.8 Å². The Morgan fingerprint density at radius 3 is 2.79 bits per heavy atom. The summed E-state index contributed by atoms with van der Waals surface area (Å²) in [5, 5.41) is 0. The van der Waals surface area contributed by atoms with Gasteiger partial charge in [0.1, 0.15) is 0 Å². The lowest BCUT2D eigenvalue weighted by Gasteiger charge is -2.34. The average Bonchev–Trinajstić information content (AvgIpc) is 2.80. The van der Waals surface area contributed by atoms with E-state index in [-0.39, 0.29) is 18.3 Å². The molecule has 4 heteroatoms. The monoisotopic (exact) mass is 390 g/mol. The molecule has 2 aliphatic heterocycles. The highest BCUT2D eigenvalue weighted by Crippen LogP contribution is 2.38. The highest BCUT2D eigenvalue weighted by molar-refractivity contribution is 9.09. The Bertz CT molecular complexity index is 364. The fourth-order valence-electron chi connectivity index (χ4n) is 2.79. The van der Waals surface area contributed by atoms with E-state index < -0.39 is 0 Å². The van der Waals surface area contributed by atoms with Gasteiger partial charge in [-0.1, -0.05) is 50.8 Å². The summed E-state index contributed by atoms with van der Waals surface area (Å²) in [6.45, 7) is 2.17. The summed E-state index contributed by atoms with van der Waals surface area (Å²) >= 11 is 7.41. The van der Waals surface area contributed by atoms with Crippen LogP contribution < -0.4 is 0 Å². The first-order valence-electron chi connectivity index (χ1n) is 6.85. The van der Waals surface area contributed by atoms with Crippen LogP contribution in [-0.2, 0) is 9.47 Å². The van der Waals surface area contributed by atoms with E-state index >= 15 is 0 Å². The van der Waals surface area contributed by atoms with E-state index in [0.717, 1.165) is 25.7 Å². The van der Waals surface area contributed by atoms with Crippen LogP contribution in [0.4, 0.5) is 0 Å². The minimum absolute atomic E-state index is 0.215. The molecule has 1 unspecified atom stereocenters. The van der Waals surface area contributed by atoms with Crippen molar-refractivity contribution in [3.63, 3.8) is 0 Å². The Kier molecular flexibility index (Phi) is 5.95. The molecule has 0 N–H and O–H groups in total. The van der Waals surface area contributed by atoms with Crippen LogP contribution in [0.25, 0.3) is 0 Å². The molecular weight excluding hydrogens is 372 g/mol. The first kappa shape index (κ1) is 15.6. The van der Waals surface area contributed by atoms with Gasteiger partial charge in [0.25, 0.3) is 0 Å². The third kappa shape index (κ3) is 3.85. The van der Waals surface area contributed by atoms with Gasteiger partial charge in [-0.2, -0.15) is 0 Å². The van der Waals surface area contributed by atoms with Crippen molar-refractivity contribution >= 4 is 31.9 Å². The highest BCUT2D eigenvalue weighted by Gasteiger charge is 2.44. The second kappa shape index (κ2) is 7.26. The van der Waals surface area contributed by atoms with Gasteiger partial charge in [-0.25, -0.2) is 0 Å². The van der Waals surface area contributed by atoms with Gasteiger partial charge in [0, 0.05) is 16.1 Å². The van der Waals surface area contributed by atoms with E-state index in [4.69, 9.17) is 15.9 Å². The number of hydrogen-bond donors (Lipinski definition) is 0. The smallest absolute Gasteiger partial charge is 0.0866 e. The van der Waals surface area contributed by atoms with Crippen LogP contribution in [0.5, 0.6) is 0 Å². The number of ether oxygens (including phenoxy) is 2. The number of fused-ring (bicyclic) bond motifs is 1. The van der Waals surface area contributed by atoms with Crippen molar-refractivity contribution in [2.45, 2.75) is 66.7 Å². The van der Waals surface area contributed by atoms with Gasteiger partial charge in [-0.15, -0.1) is 6.42 Å². The molecule has 0 amide bonds. The third-order valence-electron chi connectivity index (χ3n) is 3.82. The summed E-state index contributed by atoms with van der Waals surface area (Å²) in [5.74, 6) is 2.51. The summed E-state index contributed by atoms with van der Waals surface area (Å²) in [6.07, 6.45) is 13.9. The lowest BCUT2D eigenvalue weighted by Crippen LogP contribution is -2.42. The van der Waals surface area contributed by atoms with E-state index in [9.17, 15) is 0 Å². The number of terminal acetylenes is 1. The maximum atomic E-state index is 6.13. The predicted molar refractivity (Wildman–Crippen MR) is 84.9 cm³/mol. The number of halogens is 2. The average molecular weight is 392 g/mol. The minimum Gasteiger partial charge on any atom is -0.371 e. The zero-order chi connectivity index (χ0) is 13.8. The number of rotatable bonds is 4. The molecule has 2 rings (SSSR count). The molecule has 0 aromatic rings. The maximum absolute atomic E-state index is 6.13. The molecule has 106 valence electrons. The molecule has 0 radical (unpaired) electrons. The van der Waals surface area contributed by atoms with Crippen LogP contribution in [0.15, 0.2) is 12.2 Å². The van der Waals surface area contributed by atoms with Crippen molar-refractivity contribution < 1.29 is 9.47 Å². The molecule has 0 aliphatic carbocycles. The van der Waals surface area contributed by atoms with Crippen LogP contribution in [0.1, 0.15) is 32.6 Å². The van der Waals surface area contributed by atoms with E-state index in [1.165, 1.54) is 0 Å². The van der Waals surface area contributed by atoms with Crippen LogP contribution in [0.2, 0.25) is 0 Å². The summed E-state index contributed by atoms with van der Waals surface area (Å²) in [4.78, 5) is 0.716. The van der Waals surface area contributed by atoms with Crippen LogP contribution in [-0.4, -0.2) is 34.1 Å². The first-order valence-corrected chi connectivity index (χ1v) is 8.69. The Morgan fingerprint density at radius 2 is 2.11 bits per heavy atom. The summed E-state index contributed by atoms with van der Waals surface area (Å²) in [6, 6.07) is 0. The third-order valence-corrected chi connectivity index (χ3v) is 5.75. The van der Waals surface area contributed by atoms with Crippen molar-refractivity contribution in [1.29, 1.82) is 0 Å². The van der Waals surface area contributed by atoms with Crippen LogP contribution >= 0.6 is 31.9 Å². The Balaban J connectivity index is 1.89. The van der Waals surface area contributed by atoms with Gasteiger partial charge in [0.15, 0.2) is 0 Å². The zero-order valence-electron chi connectivity index (χ0n) is 11.1. The Labute approximate surface area is 132 Å². The molecule has 2 fully saturated rings. The zero-order valence-corrected chi connectivity index (χ0v) is 14.3. The molecule has 0 spiro atoms. The van der Waals surface area contributed by atoms with Crippen molar-refractivity contribution in [2.75, 3.05) is 0 Å². The lowest BCUT2D eigenvalue weighted by atomic mass is 9.98. The standard InChI is InChI=1S/C15H20Br2O2/c1-3-5-6-7-10(16)13-9-15-14(19-13)8-11(17)12(4-2)18-15/h1,5-6,10-15H,4,7-9H2,2H3/b6-5-/t10?,11-,12+,13-,14-,15-/m1/s1. The number of alkyl halides is 2. The fourth-order valence-corrected chi connectivity index (χ4v) is 4.21. The molecule has 2 heterocycles. The maximum Gasteiger partial charge on any atom is 0.0866 e. The molecule has 19 heavy (non-hydrogen) atoms. The quantitative estimate of drug-likeness (QED) is 0.535. The predicted octanol–water partition coefficient (Wildman–Crippen LogP) is 3.82. The van der Waals surface area contributed by atoms with Gasteiger partial charge in [-0.05, 0) is 25.3 Å². The SMILES string of the molecule is C#C/C=C\CC(Br)[C@H]1C[C@H]2O[C@@H](CC)[C@H](Br)C[C@H]2O1. The molecule has 0 bridgehead atoms. The van der Waals surface area contributed by atoms with Crippen LogP contribution in [0.3, 0.4) is 0 Å². The van der Waals surface area contributed by atoms with Crippen molar-refractivity contribution in [2.24, 2.45) is 0 Å². The number of allylic oxidation sites excluding steroid dienone is 2. The van der Waals surface area contributed by atoms with Gasteiger partial charge in [0.05, 0.1) is 24.4 Å². The summed E-state index contributed by atoms with van der Waals surface area (Å²) < 4.78 is 12.3. The topological polar surface area (TPSA) is 18.5 Å². The molecule has 2 nitrogen and oxygen atoms in total. The highest BCUT2D eigenvalue weighted by atomic mass is 79.9. The number of hydrogen-bond acceptors (Lipinski definition) is 2. The molecule has 2 aliphatic rings. The Hall–Kier alpha value is 0.180. The molecule has 0 aromatic heterocycles. The van der Waals surface area contributed by atoms with Crippen molar-refractivity contribution in [3.05, 3.63) is 12.2 Å². The van der Waals surface area contributed by atoms with E-state index in [1.807, 2.05) is 6.08 Å². The van der Waals surface area contributed by atoms with Gasteiger partial charge >= 0.3 is 0 Å². The molecule has 6 atom stereocenters. The molecule has 0 aromatic carbocycles. The Morgan fingerprint density at radius 1 is 1.37 bits per heavy atom. The summed E-state index contributed by atoms with van der Waals surface area (Å²) in [7, 11) is 0. The lowest BCUT2D eigenvalue weighted by molar-refractivity contribution is -0.0937. The normalized spacial score (nSPS) is 40.0.